The van der Waals surface area contributed by atoms with Gasteiger partial charge in [-0.1, -0.05) is 6.08 Å². The van der Waals surface area contributed by atoms with E-state index in [1.165, 1.54) is 12.8 Å². The fourth-order valence-electron chi connectivity index (χ4n) is 1.40. The topological polar surface area (TPSA) is 64.3 Å². The fourth-order valence-corrected chi connectivity index (χ4v) is 1.40. The fraction of sp³-hybridized carbons (Fsp3) is 0.636. The molecule has 0 atom stereocenters. The summed E-state index contributed by atoms with van der Waals surface area (Å²) in [5.74, 6) is -0.869. The van der Waals surface area contributed by atoms with Gasteiger partial charge in [-0.15, -0.1) is 0 Å². The number of nitrogens with zero attached hydrogens (tertiary/aromatic N) is 2. The minimum Gasteiger partial charge on any atom is -0.478 e. The van der Waals surface area contributed by atoms with Gasteiger partial charge in [0.25, 0.3) is 0 Å². The van der Waals surface area contributed by atoms with Crippen LogP contribution in [0.25, 0.3) is 0 Å². The molecule has 0 amide bonds. The van der Waals surface area contributed by atoms with Gasteiger partial charge in [0.2, 0.25) is 0 Å². The van der Waals surface area contributed by atoms with Crippen LogP contribution in [0, 0.1) is 11.3 Å². The molecule has 1 aliphatic carbocycles. The third-order valence-corrected chi connectivity index (χ3v) is 2.54. The van der Waals surface area contributed by atoms with E-state index in [-0.39, 0.29) is 0 Å². The molecule has 0 aromatic rings. The monoisotopic (exact) mass is 208 g/mol. The van der Waals surface area contributed by atoms with Gasteiger partial charge in [-0.25, -0.2) is 4.79 Å². The highest BCUT2D eigenvalue weighted by molar-refractivity contribution is 5.85. The molecule has 0 spiro atoms. The number of carboxylic acids is 1. The summed E-state index contributed by atoms with van der Waals surface area (Å²) in [4.78, 5) is 12.7. The van der Waals surface area contributed by atoms with Gasteiger partial charge in [-0.05, 0) is 19.8 Å². The first kappa shape index (κ1) is 11.7. The molecule has 0 bridgehead atoms. The van der Waals surface area contributed by atoms with Crippen LogP contribution >= 0.6 is 0 Å². The van der Waals surface area contributed by atoms with Crippen molar-refractivity contribution < 1.29 is 9.90 Å². The normalized spacial score (nSPS) is 16.5. The second-order valence-electron chi connectivity index (χ2n) is 3.83. The number of aliphatic carboxylic acids is 1. The lowest BCUT2D eigenvalue weighted by molar-refractivity contribution is -0.132. The average molecular weight is 208 g/mol. The van der Waals surface area contributed by atoms with Crippen LogP contribution < -0.4 is 0 Å². The van der Waals surface area contributed by atoms with Gasteiger partial charge in [0.1, 0.15) is 0 Å². The minimum absolute atomic E-state index is 0.373. The Hall–Kier alpha value is -1.34. The third-order valence-electron chi connectivity index (χ3n) is 2.54. The molecule has 1 N–H and O–H groups in total. The van der Waals surface area contributed by atoms with Crippen molar-refractivity contribution in [2.75, 3.05) is 13.1 Å². The molecule has 0 saturated heterocycles. The summed E-state index contributed by atoms with van der Waals surface area (Å²) in [6, 6.07) is 2.68. The molecule has 0 aromatic carbocycles. The Kier molecular flexibility index (Phi) is 4.32. The van der Waals surface area contributed by atoms with E-state index >= 15 is 0 Å². The second-order valence-corrected chi connectivity index (χ2v) is 3.83. The lowest BCUT2D eigenvalue weighted by Gasteiger charge is -2.18. The second kappa shape index (κ2) is 5.52. The number of carbonyl (C=O) groups is 1. The summed E-state index contributed by atoms with van der Waals surface area (Å²) in [6.07, 6.45) is 4.57. The zero-order valence-corrected chi connectivity index (χ0v) is 8.94. The van der Waals surface area contributed by atoms with Crippen molar-refractivity contribution in [2.45, 2.75) is 32.2 Å². The van der Waals surface area contributed by atoms with E-state index in [9.17, 15) is 4.79 Å². The standard InChI is InChI=1S/C11H16N2O2/c1-9(11(14)15)5-8-13(7-2-6-12)10-3-4-10/h5,10H,2-4,7-8H2,1H3,(H,14,15). The SMILES string of the molecule is CC(=CCN(CCC#N)C1CC1)C(=O)O. The molecule has 1 fully saturated rings. The van der Waals surface area contributed by atoms with Crippen LogP contribution in [0.4, 0.5) is 0 Å². The molecule has 4 nitrogen and oxygen atoms in total. The van der Waals surface area contributed by atoms with E-state index in [0.29, 0.717) is 24.6 Å². The van der Waals surface area contributed by atoms with Gasteiger partial charge in [0.15, 0.2) is 0 Å². The van der Waals surface area contributed by atoms with Gasteiger partial charge in [0, 0.05) is 31.1 Å². The van der Waals surface area contributed by atoms with Gasteiger partial charge >= 0.3 is 5.97 Å². The van der Waals surface area contributed by atoms with E-state index < -0.39 is 5.97 Å². The maximum atomic E-state index is 10.6. The molecule has 0 heterocycles. The molecule has 4 heteroatoms. The molecule has 82 valence electrons. The van der Waals surface area contributed by atoms with Gasteiger partial charge < -0.3 is 5.11 Å². The summed E-state index contributed by atoms with van der Waals surface area (Å²) >= 11 is 0. The average Bonchev–Trinajstić information content (AvgIpc) is 3.01. The maximum absolute atomic E-state index is 10.6. The van der Waals surface area contributed by atoms with Crippen LogP contribution in [-0.2, 0) is 4.79 Å². The van der Waals surface area contributed by atoms with Crippen LogP contribution in [0.3, 0.4) is 0 Å². The Morgan fingerprint density at radius 1 is 1.67 bits per heavy atom. The highest BCUT2D eigenvalue weighted by atomic mass is 16.4. The first-order valence-electron chi connectivity index (χ1n) is 5.16. The van der Waals surface area contributed by atoms with Crippen molar-refractivity contribution in [3.8, 4) is 6.07 Å². The van der Waals surface area contributed by atoms with E-state index in [1.54, 1.807) is 13.0 Å². The summed E-state index contributed by atoms with van der Waals surface area (Å²) in [5, 5.41) is 17.2. The van der Waals surface area contributed by atoms with Crippen molar-refractivity contribution in [2.24, 2.45) is 0 Å². The predicted molar refractivity (Wildman–Crippen MR) is 56.2 cm³/mol. The highest BCUT2D eigenvalue weighted by Crippen LogP contribution is 2.26. The first-order valence-corrected chi connectivity index (χ1v) is 5.16. The van der Waals surface area contributed by atoms with E-state index in [4.69, 9.17) is 10.4 Å². The highest BCUT2D eigenvalue weighted by Gasteiger charge is 2.27. The van der Waals surface area contributed by atoms with Crippen molar-refractivity contribution in [3.63, 3.8) is 0 Å². The van der Waals surface area contributed by atoms with Crippen molar-refractivity contribution in [1.29, 1.82) is 5.26 Å². The number of nitriles is 1. The Morgan fingerprint density at radius 2 is 2.33 bits per heavy atom. The Morgan fingerprint density at radius 3 is 2.80 bits per heavy atom. The molecule has 0 radical (unpaired) electrons. The van der Waals surface area contributed by atoms with Gasteiger partial charge in [-0.2, -0.15) is 5.26 Å². The Labute approximate surface area is 89.8 Å². The van der Waals surface area contributed by atoms with Crippen molar-refractivity contribution in [3.05, 3.63) is 11.6 Å². The van der Waals surface area contributed by atoms with Gasteiger partial charge in [-0.3, -0.25) is 4.90 Å². The van der Waals surface area contributed by atoms with Crippen LogP contribution in [0.15, 0.2) is 11.6 Å². The number of carboxylic acid groups (broad SMARTS) is 1. The molecule has 0 unspecified atom stereocenters. The van der Waals surface area contributed by atoms with Crippen molar-refractivity contribution >= 4 is 5.97 Å². The quantitative estimate of drug-likeness (QED) is 0.670. The summed E-state index contributed by atoms with van der Waals surface area (Å²) in [7, 11) is 0. The molecule has 1 rings (SSSR count). The lowest BCUT2D eigenvalue weighted by Crippen LogP contribution is -2.27. The summed E-state index contributed by atoms with van der Waals surface area (Å²) in [5.41, 5.74) is 0.373. The minimum atomic E-state index is -0.869. The van der Waals surface area contributed by atoms with Crippen LogP contribution in [0.1, 0.15) is 26.2 Å². The third kappa shape index (κ3) is 4.13. The van der Waals surface area contributed by atoms with Crippen LogP contribution in [0.5, 0.6) is 0 Å². The van der Waals surface area contributed by atoms with E-state index in [1.807, 2.05) is 0 Å². The number of hydrogen-bond acceptors (Lipinski definition) is 3. The van der Waals surface area contributed by atoms with E-state index in [0.717, 1.165) is 6.54 Å². The largest absolute Gasteiger partial charge is 0.478 e. The van der Waals surface area contributed by atoms with E-state index in [2.05, 4.69) is 11.0 Å². The Bertz CT molecular complexity index is 300. The number of hydrogen-bond donors (Lipinski definition) is 1. The zero-order valence-electron chi connectivity index (χ0n) is 8.94. The molecule has 0 aromatic heterocycles. The number of rotatable bonds is 6. The molecule has 15 heavy (non-hydrogen) atoms. The zero-order chi connectivity index (χ0) is 11.3. The first-order chi connectivity index (χ1) is 7.15. The summed E-state index contributed by atoms with van der Waals surface area (Å²) in [6.45, 7) is 2.98. The summed E-state index contributed by atoms with van der Waals surface area (Å²) < 4.78 is 0. The molecule has 1 aliphatic rings. The lowest BCUT2D eigenvalue weighted by atomic mass is 10.2. The van der Waals surface area contributed by atoms with Gasteiger partial charge in [0.05, 0.1) is 6.07 Å². The van der Waals surface area contributed by atoms with Crippen LogP contribution in [0.2, 0.25) is 0 Å². The van der Waals surface area contributed by atoms with Crippen molar-refractivity contribution in [1.82, 2.24) is 4.90 Å². The Balaban J connectivity index is 2.41. The smallest absolute Gasteiger partial charge is 0.330 e. The predicted octanol–water partition coefficient (Wildman–Crippen LogP) is 1.40. The van der Waals surface area contributed by atoms with Crippen LogP contribution in [-0.4, -0.2) is 35.1 Å². The molecule has 1 saturated carbocycles. The maximum Gasteiger partial charge on any atom is 0.330 e. The molecule has 0 aliphatic heterocycles. The molecular formula is C11H16N2O2. The molecular weight excluding hydrogens is 192 g/mol.